The van der Waals surface area contributed by atoms with Gasteiger partial charge in [-0.1, -0.05) is 18.2 Å². The average Bonchev–Trinajstić information content (AvgIpc) is 2.28. The summed E-state index contributed by atoms with van der Waals surface area (Å²) in [6, 6.07) is 5.91. The second-order valence-corrected chi connectivity index (χ2v) is 3.47. The van der Waals surface area contributed by atoms with E-state index in [1.165, 1.54) is 12.1 Å². The van der Waals surface area contributed by atoms with Gasteiger partial charge in [0.1, 0.15) is 12.4 Å². The molecule has 1 aromatic carbocycles. The number of ether oxygens (including phenoxy) is 1. The lowest BCUT2D eigenvalue weighted by Gasteiger charge is -2.02. The summed E-state index contributed by atoms with van der Waals surface area (Å²) in [5.41, 5.74) is 0.804. The number of carbonyl (C=O) groups excluding carboxylic acids is 1. The average molecular weight is 222 g/mol. The molecule has 0 radical (unpaired) electrons. The summed E-state index contributed by atoms with van der Waals surface area (Å²) in [6.45, 7) is 4.17. The van der Waals surface area contributed by atoms with E-state index in [4.69, 9.17) is 4.74 Å². The SMILES string of the molecule is C=CCCOCC(=O)Cc1ccc(F)cc1. The summed E-state index contributed by atoms with van der Waals surface area (Å²) in [4.78, 5) is 11.4. The number of Topliss-reactive ketones (excluding diaryl/α,β-unsaturated/α-hetero) is 1. The highest BCUT2D eigenvalue weighted by Crippen LogP contribution is 2.04. The zero-order valence-electron chi connectivity index (χ0n) is 9.12. The Labute approximate surface area is 94.7 Å². The van der Waals surface area contributed by atoms with E-state index in [9.17, 15) is 9.18 Å². The molecule has 3 heteroatoms. The van der Waals surface area contributed by atoms with Crippen molar-refractivity contribution >= 4 is 5.78 Å². The van der Waals surface area contributed by atoms with Crippen LogP contribution in [-0.2, 0) is 16.0 Å². The van der Waals surface area contributed by atoms with E-state index < -0.39 is 0 Å². The first-order valence-electron chi connectivity index (χ1n) is 5.17. The molecule has 1 rings (SSSR count). The van der Waals surface area contributed by atoms with Gasteiger partial charge in [-0.25, -0.2) is 4.39 Å². The van der Waals surface area contributed by atoms with Crippen molar-refractivity contribution in [2.24, 2.45) is 0 Å². The van der Waals surface area contributed by atoms with E-state index >= 15 is 0 Å². The van der Waals surface area contributed by atoms with Crippen LogP contribution in [0.15, 0.2) is 36.9 Å². The number of hydrogen-bond acceptors (Lipinski definition) is 2. The van der Waals surface area contributed by atoms with Crippen molar-refractivity contribution in [3.8, 4) is 0 Å². The Morgan fingerprint density at radius 3 is 2.69 bits per heavy atom. The highest BCUT2D eigenvalue weighted by atomic mass is 19.1. The Bertz CT molecular complexity index is 343. The van der Waals surface area contributed by atoms with E-state index in [1.54, 1.807) is 18.2 Å². The summed E-state index contributed by atoms with van der Waals surface area (Å²) in [5, 5.41) is 0. The molecule has 0 spiro atoms. The topological polar surface area (TPSA) is 26.3 Å². The van der Waals surface area contributed by atoms with E-state index in [-0.39, 0.29) is 24.6 Å². The van der Waals surface area contributed by atoms with Crippen LogP contribution in [0.1, 0.15) is 12.0 Å². The maximum atomic E-state index is 12.6. The molecule has 0 amide bonds. The summed E-state index contributed by atoms with van der Waals surface area (Å²) >= 11 is 0. The van der Waals surface area contributed by atoms with Crippen molar-refractivity contribution in [1.82, 2.24) is 0 Å². The van der Waals surface area contributed by atoms with Gasteiger partial charge in [0.2, 0.25) is 0 Å². The highest BCUT2D eigenvalue weighted by molar-refractivity contribution is 5.82. The van der Waals surface area contributed by atoms with Gasteiger partial charge in [0, 0.05) is 6.42 Å². The van der Waals surface area contributed by atoms with Crippen LogP contribution < -0.4 is 0 Å². The van der Waals surface area contributed by atoms with Crippen LogP contribution >= 0.6 is 0 Å². The first kappa shape index (κ1) is 12.6. The molecule has 16 heavy (non-hydrogen) atoms. The van der Waals surface area contributed by atoms with Gasteiger partial charge >= 0.3 is 0 Å². The molecular weight excluding hydrogens is 207 g/mol. The summed E-state index contributed by atoms with van der Waals surface area (Å²) in [6.07, 6.45) is 2.77. The van der Waals surface area contributed by atoms with Gasteiger partial charge in [0.15, 0.2) is 5.78 Å². The van der Waals surface area contributed by atoms with Crippen LogP contribution in [0.2, 0.25) is 0 Å². The van der Waals surface area contributed by atoms with Crippen molar-refractivity contribution in [2.75, 3.05) is 13.2 Å². The molecule has 0 aromatic heterocycles. The normalized spacial score (nSPS) is 10.1. The van der Waals surface area contributed by atoms with E-state index in [0.29, 0.717) is 6.61 Å². The van der Waals surface area contributed by atoms with Crippen molar-refractivity contribution in [1.29, 1.82) is 0 Å². The second-order valence-electron chi connectivity index (χ2n) is 3.47. The Balaban J connectivity index is 2.28. The number of hydrogen-bond donors (Lipinski definition) is 0. The summed E-state index contributed by atoms with van der Waals surface area (Å²) in [7, 11) is 0. The first-order chi connectivity index (χ1) is 7.72. The Morgan fingerprint density at radius 1 is 1.38 bits per heavy atom. The van der Waals surface area contributed by atoms with E-state index in [0.717, 1.165) is 12.0 Å². The van der Waals surface area contributed by atoms with Crippen LogP contribution in [0.4, 0.5) is 4.39 Å². The largest absolute Gasteiger partial charge is 0.373 e. The Kier molecular flexibility index (Phi) is 5.43. The smallest absolute Gasteiger partial charge is 0.162 e. The maximum absolute atomic E-state index is 12.6. The summed E-state index contributed by atoms with van der Waals surface area (Å²) < 4.78 is 17.7. The van der Waals surface area contributed by atoms with Crippen molar-refractivity contribution < 1.29 is 13.9 Å². The highest BCUT2D eigenvalue weighted by Gasteiger charge is 2.03. The van der Waals surface area contributed by atoms with Crippen LogP contribution in [0, 0.1) is 5.82 Å². The predicted octanol–water partition coefficient (Wildman–Crippen LogP) is 2.53. The third-order valence-corrected chi connectivity index (χ3v) is 2.04. The predicted molar refractivity (Wildman–Crippen MR) is 60.7 cm³/mol. The third-order valence-electron chi connectivity index (χ3n) is 2.04. The lowest BCUT2D eigenvalue weighted by Crippen LogP contribution is -2.11. The summed E-state index contributed by atoms with van der Waals surface area (Å²) in [5.74, 6) is -0.297. The van der Waals surface area contributed by atoms with Crippen molar-refractivity contribution in [2.45, 2.75) is 12.8 Å². The number of ketones is 1. The first-order valence-corrected chi connectivity index (χ1v) is 5.17. The van der Waals surface area contributed by atoms with Gasteiger partial charge in [-0.05, 0) is 24.1 Å². The fourth-order valence-electron chi connectivity index (χ4n) is 1.23. The molecule has 1 aromatic rings. The van der Waals surface area contributed by atoms with Gasteiger partial charge < -0.3 is 4.74 Å². The third kappa shape index (κ3) is 4.84. The fourth-order valence-corrected chi connectivity index (χ4v) is 1.23. The minimum Gasteiger partial charge on any atom is -0.373 e. The lowest BCUT2D eigenvalue weighted by atomic mass is 10.1. The molecule has 0 saturated carbocycles. The maximum Gasteiger partial charge on any atom is 0.162 e. The number of halogens is 1. The molecule has 0 N–H and O–H groups in total. The number of carbonyl (C=O) groups is 1. The molecule has 0 unspecified atom stereocenters. The monoisotopic (exact) mass is 222 g/mol. The Hall–Kier alpha value is -1.48. The molecular formula is C13H15FO2. The molecule has 0 fully saturated rings. The van der Waals surface area contributed by atoms with Crippen molar-refractivity contribution in [3.63, 3.8) is 0 Å². The molecule has 2 nitrogen and oxygen atoms in total. The molecule has 0 aliphatic heterocycles. The van der Waals surface area contributed by atoms with Gasteiger partial charge in [0.05, 0.1) is 6.61 Å². The quantitative estimate of drug-likeness (QED) is 0.523. The molecule has 0 heterocycles. The van der Waals surface area contributed by atoms with E-state index in [2.05, 4.69) is 6.58 Å². The van der Waals surface area contributed by atoms with Gasteiger partial charge in [-0.2, -0.15) is 0 Å². The Morgan fingerprint density at radius 2 is 2.06 bits per heavy atom. The van der Waals surface area contributed by atoms with Gasteiger partial charge in [0.25, 0.3) is 0 Å². The molecule has 86 valence electrons. The van der Waals surface area contributed by atoms with Crippen LogP contribution in [0.25, 0.3) is 0 Å². The van der Waals surface area contributed by atoms with Crippen LogP contribution in [0.5, 0.6) is 0 Å². The van der Waals surface area contributed by atoms with Crippen LogP contribution in [0.3, 0.4) is 0 Å². The minimum absolute atomic E-state index is 0.00401. The zero-order valence-corrected chi connectivity index (χ0v) is 9.12. The van der Waals surface area contributed by atoms with Crippen molar-refractivity contribution in [3.05, 3.63) is 48.3 Å². The van der Waals surface area contributed by atoms with Crippen LogP contribution in [-0.4, -0.2) is 19.0 Å². The standard InChI is InChI=1S/C13H15FO2/c1-2-3-8-16-10-13(15)9-11-4-6-12(14)7-5-11/h2,4-7H,1,3,8-10H2. The zero-order chi connectivity index (χ0) is 11.8. The van der Waals surface area contributed by atoms with E-state index in [1.807, 2.05) is 0 Å². The second kappa shape index (κ2) is 6.90. The molecule has 0 bridgehead atoms. The molecule has 0 saturated heterocycles. The molecule has 0 atom stereocenters. The lowest BCUT2D eigenvalue weighted by molar-refractivity contribution is -0.122. The minimum atomic E-state index is -0.293. The number of rotatable bonds is 7. The van der Waals surface area contributed by atoms with Gasteiger partial charge in [-0.3, -0.25) is 4.79 Å². The fraction of sp³-hybridized carbons (Fsp3) is 0.308. The molecule has 0 aliphatic carbocycles. The molecule has 0 aliphatic rings. The van der Waals surface area contributed by atoms with Gasteiger partial charge in [-0.15, -0.1) is 6.58 Å². The number of benzene rings is 1.